The molecule has 0 aromatic heterocycles. The molecular formula is C11H8N2O2S. The van der Waals surface area contributed by atoms with Crippen LogP contribution in [-0.4, -0.2) is 8.42 Å². The molecule has 0 heterocycles. The van der Waals surface area contributed by atoms with E-state index in [0.717, 1.165) is 10.8 Å². The van der Waals surface area contributed by atoms with Gasteiger partial charge in [-0.3, -0.25) is 0 Å². The highest BCUT2D eigenvalue weighted by Gasteiger charge is 2.07. The monoisotopic (exact) mass is 232 g/mol. The second-order valence-corrected chi connectivity index (χ2v) is 4.94. The topological polar surface area (TPSA) is 83.9 Å². The van der Waals surface area contributed by atoms with Gasteiger partial charge in [-0.2, -0.15) is 5.26 Å². The third kappa shape index (κ3) is 1.89. The average Bonchev–Trinajstić information content (AvgIpc) is 2.26. The summed E-state index contributed by atoms with van der Waals surface area (Å²) in [6.07, 6.45) is 0. The van der Waals surface area contributed by atoms with E-state index in [4.69, 9.17) is 10.4 Å². The molecule has 0 aliphatic heterocycles. The van der Waals surface area contributed by atoms with Gasteiger partial charge in [0.2, 0.25) is 10.0 Å². The lowest BCUT2D eigenvalue weighted by Gasteiger charge is -2.01. The SMILES string of the molecule is N#Cc1ccc2cc(S(N)(=O)=O)ccc2c1. The van der Waals surface area contributed by atoms with E-state index in [0.29, 0.717) is 5.56 Å². The van der Waals surface area contributed by atoms with Crippen molar-refractivity contribution < 1.29 is 8.42 Å². The molecule has 0 atom stereocenters. The number of rotatable bonds is 1. The maximum atomic E-state index is 11.1. The van der Waals surface area contributed by atoms with Gasteiger partial charge in [0.05, 0.1) is 16.5 Å². The van der Waals surface area contributed by atoms with Gasteiger partial charge < -0.3 is 0 Å². The number of nitrogens with two attached hydrogens (primary N) is 1. The maximum Gasteiger partial charge on any atom is 0.238 e. The normalized spacial score (nSPS) is 11.2. The van der Waals surface area contributed by atoms with Crippen LogP contribution in [0.5, 0.6) is 0 Å². The van der Waals surface area contributed by atoms with Gasteiger partial charge in [0.15, 0.2) is 0 Å². The minimum Gasteiger partial charge on any atom is -0.225 e. The van der Waals surface area contributed by atoms with Gasteiger partial charge >= 0.3 is 0 Å². The van der Waals surface area contributed by atoms with Gasteiger partial charge in [-0.1, -0.05) is 12.1 Å². The van der Waals surface area contributed by atoms with Crippen LogP contribution in [0.15, 0.2) is 41.3 Å². The fourth-order valence-electron chi connectivity index (χ4n) is 1.47. The molecule has 2 N–H and O–H groups in total. The van der Waals surface area contributed by atoms with Crippen LogP contribution in [-0.2, 0) is 10.0 Å². The fraction of sp³-hybridized carbons (Fsp3) is 0. The Kier molecular flexibility index (Phi) is 2.38. The molecule has 0 bridgehead atoms. The van der Waals surface area contributed by atoms with Gasteiger partial charge in [-0.15, -0.1) is 0 Å². The van der Waals surface area contributed by atoms with Gasteiger partial charge in [0.25, 0.3) is 0 Å². The Hall–Kier alpha value is -1.90. The highest BCUT2D eigenvalue weighted by molar-refractivity contribution is 7.89. The molecule has 80 valence electrons. The van der Waals surface area contributed by atoms with E-state index in [9.17, 15) is 8.42 Å². The van der Waals surface area contributed by atoms with E-state index in [1.807, 2.05) is 6.07 Å². The van der Waals surface area contributed by atoms with Crippen LogP contribution in [0, 0.1) is 11.3 Å². The van der Waals surface area contributed by atoms with Crippen LogP contribution in [0.3, 0.4) is 0 Å². The number of fused-ring (bicyclic) bond motifs is 1. The Morgan fingerprint density at radius 3 is 2.31 bits per heavy atom. The lowest BCUT2D eigenvalue weighted by atomic mass is 10.1. The second kappa shape index (κ2) is 3.59. The molecule has 0 saturated heterocycles. The largest absolute Gasteiger partial charge is 0.238 e. The van der Waals surface area contributed by atoms with Crippen molar-refractivity contribution in [2.45, 2.75) is 4.90 Å². The number of sulfonamides is 1. The predicted octanol–water partition coefficient (Wildman–Crippen LogP) is 1.36. The number of hydrogen-bond donors (Lipinski definition) is 1. The molecule has 2 aromatic rings. The van der Waals surface area contributed by atoms with Crippen LogP contribution in [0.1, 0.15) is 5.56 Å². The fourth-order valence-corrected chi connectivity index (χ4v) is 2.02. The predicted molar refractivity (Wildman–Crippen MR) is 60.0 cm³/mol. The van der Waals surface area contributed by atoms with Gasteiger partial charge in [-0.25, -0.2) is 13.6 Å². The van der Waals surface area contributed by atoms with E-state index in [2.05, 4.69) is 0 Å². The molecule has 0 saturated carbocycles. The van der Waals surface area contributed by atoms with E-state index >= 15 is 0 Å². The molecule has 4 nitrogen and oxygen atoms in total. The summed E-state index contributed by atoms with van der Waals surface area (Å²) >= 11 is 0. The maximum absolute atomic E-state index is 11.1. The summed E-state index contributed by atoms with van der Waals surface area (Å²) in [5, 5.41) is 15.3. The summed E-state index contributed by atoms with van der Waals surface area (Å²) < 4.78 is 22.3. The smallest absolute Gasteiger partial charge is 0.225 e. The minimum absolute atomic E-state index is 0.0738. The zero-order valence-electron chi connectivity index (χ0n) is 8.21. The van der Waals surface area contributed by atoms with Crippen molar-refractivity contribution >= 4 is 20.8 Å². The highest BCUT2D eigenvalue weighted by atomic mass is 32.2. The van der Waals surface area contributed by atoms with Gasteiger partial charge in [-0.05, 0) is 35.0 Å². The first-order valence-corrected chi connectivity index (χ1v) is 6.02. The Morgan fingerprint density at radius 1 is 1.06 bits per heavy atom. The van der Waals surface area contributed by atoms with E-state index < -0.39 is 10.0 Å². The molecule has 0 fully saturated rings. The molecule has 0 aliphatic rings. The molecule has 0 amide bonds. The number of primary sulfonamides is 1. The van der Waals surface area contributed by atoms with Crippen molar-refractivity contribution in [1.82, 2.24) is 0 Å². The summed E-state index contributed by atoms with van der Waals surface area (Å²) in [4.78, 5) is 0.0738. The van der Waals surface area contributed by atoms with Crippen LogP contribution < -0.4 is 5.14 Å². The third-order valence-corrected chi connectivity index (χ3v) is 3.18. The summed E-state index contributed by atoms with van der Waals surface area (Å²) in [5.74, 6) is 0. The third-order valence-electron chi connectivity index (χ3n) is 2.27. The number of hydrogen-bond acceptors (Lipinski definition) is 3. The Balaban J connectivity index is 2.71. The number of nitrogens with zero attached hydrogens (tertiary/aromatic N) is 1. The van der Waals surface area contributed by atoms with E-state index in [1.165, 1.54) is 12.1 Å². The van der Waals surface area contributed by atoms with Crippen molar-refractivity contribution in [2.75, 3.05) is 0 Å². The molecule has 2 aromatic carbocycles. The molecule has 2 rings (SSSR count). The quantitative estimate of drug-likeness (QED) is 0.805. The second-order valence-electron chi connectivity index (χ2n) is 3.38. The molecule has 5 heteroatoms. The van der Waals surface area contributed by atoms with Crippen molar-refractivity contribution in [1.29, 1.82) is 5.26 Å². The van der Waals surface area contributed by atoms with E-state index in [-0.39, 0.29) is 4.90 Å². The Labute approximate surface area is 93.0 Å². The van der Waals surface area contributed by atoms with Gasteiger partial charge in [0.1, 0.15) is 0 Å². The summed E-state index contributed by atoms with van der Waals surface area (Å²) in [6.45, 7) is 0. The first kappa shape index (κ1) is 10.6. The molecule has 0 radical (unpaired) electrons. The molecular weight excluding hydrogens is 224 g/mol. The minimum atomic E-state index is -3.67. The zero-order valence-corrected chi connectivity index (χ0v) is 9.03. The summed E-state index contributed by atoms with van der Waals surface area (Å²) in [7, 11) is -3.67. The Bertz CT molecular complexity index is 699. The average molecular weight is 232 g/mol. The van der Waals surface area contributed by atoms with Crippen molar-refractivity contribution in [3.63, 3.8) is 0 Å². The molecule has 0 spiro atoms. The first-order valence-electron chi connectivity index (χ1n) is 4.47. The molecule has 16 heavy (non-hydrogen) atoms. The van der Waals surface area contributed by atoms with Crippen molar-refractivity contribution in [2.24, 2.45) is 5.14 Å². The van der Waals surface area contributed by atoms with Crippen LogP contribution in [0.2, 0.25) is 0 Å². The van der Waals surface area contributed by atoms with Crippen LogP contribution in [0.25, 0.3) is 10.8 Å². The summed E-state index contributed by atoms with van der Waals surface area (Å²) in [6, 6.07) is 11.6. The zero-order chi connectivity index (χ0) is 11.8. The van der Waals surface area contributed by atoms with Crippen LogP contribution >= 0.6 is 0 Å². The number of nitriles is 1. The molecule has 0 aliphatic carbocycles. The lowest BCUT2D eigenvalue weighted by molar-refractivity contribution is 0.598. The lowest BCUT2D eigenvalue weighted by Crippen LogP contribution is -2.11. The standard InChI is InChI=1S/C11H8N2O2S/c12-7-8-1-2-10-6-11(16(13,14)15)4-3-9(10)5-8/h1-6H,(H2,13,14,15). The van der Waals surface area contributed by atoms with Gasteiger partial charge in [0, 0.05) is 0 Å². The van der Waals surface area contributed by atoms with Crippen LogP contribution in [0.4, 0.5) is 0 Å². The first-order chi connectivity index (χ1) is 7.50. The van der Waals surface area contributed by atoms with Crippen molar-refractivity contribution in [3.05, 3.63) is 42.0 Å². The Morgan fingerprint density at radius 2 is 1.69 bits per heavy atom. The van der Waals surface area contributed by atoms with Crippen molar-refractivity contribution in [3.8, 4) is 6.07 Å². The number of benzene rings is 2. The molecule has 0 unspecified atom stereocenters. The highest BCUT2D eigenvalue weighted by Crippen LogP contribution is 2.19. The van der Waals surface area contributed by atoms with E-state index in [1.54, 1.807) is 24.3 Å². The summed E-state index contributed by atoms with van der Waals surface area (Å²) in [5.41, 5.74) is 0.538.